The number of hydrogen-bond donors (Lipinski definition) is 2. The van der Waals surface area contributed by atoms with Crippen molar-refractivity contribution in [2.45, 2.75) is 32.1 Å². The number of carbonyl (C=O) groups excluding carboxylic acids is 2. The van der Waals surface area contributed by atoms with Gasteiger partial charge in [-0.15, -0.1) is 0 Å². The molecule has 0 aliphatic rings. The Labute approximate surface area is 141 Å². The number of nitrogens with one attached hydrogen (secondary N) is 3. The molecule has 1 aromatic rings. The fraction of sp³-hybridized carbons (Fsp3) is 0.500. The third-order valence-electron chi connectivity index (χ3n) is 2.93. The lowest BCUT2D eigenvalue weighted by Crippen LogP contribution is -2.69. The van der Waals surface area contributed by atoms with Crippen molar-refractivity contribution in [2.24, 2.45) is 5.92 Å². The largest absolute Gasteiger partial charge is 0.464 e. The van der Waals surface area contributed by atoms with Crippen molar-refractivity contribution >= 4 is 29.3 Å². The highest BCUT2D eigenvalue weighted by molar-refractivity contribution is 6.30. The summed E-state index contributed by atoms with van der Waals surface area (Å²) in [6.45, 7) is 3.32. The number of carbonyl (C=O) groups is 2. The quantitative estimate of drug-likeness (QED) is 0.595. The second-order valence-corrected chi connectivity index (χ2v) is 5.87. The van der Waals surface area contributed by atoms with E-state index in [1.807, 2.05) is 5.32 Å². The third-order valence-corrected chi connectivity index (χ3v) is 3.17. The molecule has 0 aliphatic heterocycles. The fourth-order valence-electron chi connectivity index (χ4n) is 1.86. The van der Waals surface area contributed by atoms with Gasteiger partial charge in [-0.05, 0) is 12.0 Å². The fourth-order valence-corrected chi connectivity index (χ4v) is 1.98. The molecule has 134 valence electrons. The normalized spacial score (nSPS) is 14.0. The van der Waals surface area contributed by atoms with E-state index < -0.39 is 23.7 Å². The molecule has 0 fully saturated rings. The summed E-state index contributed by atoms with van der Waals surface area (Å²) in [5, 5.41) is 3.93. The SMILES string of the molecule is COC(=O)[C@](NC(=O)CC(C)C)(Nc1ccc(Cl)c[nH+]1)C(F)(F)F. The van der Waals surface area contributed by atoms with Crippen LogP contribution >= 0.6 is 11.6 Å². The number of halogens is 4. The minimum absolute atomic E-state index is 0.188. The van der Waals surface area contributed by atoms with Gasteiger partial charge in [0.15, 0.2) is 0 Å². The van der Waals surface area contributed by atoms with Crippen LogP contribution < -0.4 is 15.6 Å². The molecular weight excluding hydrogens is 351 g/mol. The summed E-state index contributed by atoms with van der Waals surface area (Å²) in [5.41, 5.74) is -3.43. The minimum atomic E-state index is -5.17. The molecule has 0 saturated carbocycles. The van der Waals surface area contributed by atoms with Gasteiger partial charge in [0.2, 0.25) is 5.91 Å². The molecule has 1 rings (SSSR count). The zero-order valence-electron chi connectivity index (χ0n) is 13.3. The van der Waals surface area contributed by atoms with Crippen LogP contribution in [0, 0.1) is 5.92 Å². The number of rotatable bonds is 6. The number of aromatic amines is 1. The number of aromatic nitrogens is 1. The highest BCUT2D eigenvalue weighted by Crippen LogP contribution is 2.32. The molecular formula is C14H18ClF3N3O3+. The van der Waals surface area contributed by atoms with Crippen molar-refractivity contribution in [1.29, 1.82) is 0 Å². The summed E-state index contributed by atoms with van der Waals surface area (Å²) >= 11 is 5.66. The third kappa shape index (κ3) is 4.73. The van der Waals surface area contributed by atoms with Crippen LogP contribution in [0.15, 0.2) is 18.3 Å². The van der Waals surface area contributed by atoms with Crippen LogP contribution in [-0.4, -0.2) is 30.8 Å². The van der Waals surface area contributed by atoms with Crippen LogP contribution in [0.4, 0.5) is 19.0 Å². The average molecular weight is 369 g/mol. The first kappa shape index (κ1) is 20.0. The van der Waals surface area contributed by atoms with Crippen LogP contribution in [0.2, 0.25) is 5.02 Å². The van der Waals surface area contributed by atoms with Gasteiger partial charge < -0.3 is 4.74 Å². The number of methoxy groups -OCH3 is 1. The molecule has 1 heterocycles. The second kappa shape index (κ2) is 7.69. The molecule has 0 saturated heterocycles. The summed E-state index contributed by atoms with van der Waals surface area (Å²) in [6.07, 6.45) is -4.14. The lowest BCUT2D eigenvalue weighted by Gasteiger charge is -2.30. The molecule has 0 aromatic carbocycles. The van der Waals surface area contributed by atoms with Gasteiger partial charge in [0.1, 0.15) is 6.20 Å². The number of amides is 1. The van der Waals surface area contributed by atoms with Crippen LogP contribution in [-0.2, 0) is 14.3 Å². The molecule has 0 radical (unpaired) electrons. The van der Waals surface area contributed by atoms with E-state index in [4.69, 9.17) is 11.6 Å². The first-order valence-electron chi connectivity index (χ1n) is 6.93. The van der Waals surface area contributed by atoms with Gasteiger partial charge in [0, 0.05) is 12.5 Å². The molecule has 1 atom stereocenters. The first-order chi connectivity index (χ1) is 11.0. The topological polar surface area (TPSA) is 81.6 Å². The lowest BCUT2D eigenvalue weighted by molar-refractivity contribution is -0.362. The molecule has 0 bridgehead atoms. The van der Waals surface area contributed by atoms with E-state index in [1.54, 1.807) is 19.2 Å². The van der Waals surface area contributed by atoms with Crippen LogP contribution in [0.5, 0.6) is 0 Å². The van der Waals surface area contributed by atoms with E-state index in [1.165, 1.54) is 18.3 Å². The maximum Gasteiger partial charge on any atom is 0.464 e. The monoisotopic (exact) mass is 368 g/mol. The number of pyridine rings is 1. The summed E-state index contributed by atoms with van der Waals surface area (Å²) in [5.74, 6) is -3.03. The number of anilines is 1. The van der Waals surface area contributed by atoms with Crippen molar-refractivity contribution in [3.8, 4) is 0 Å². The highest BCUT2D eigenvalue weighted by Gasteiger charge is 2.67. The number of alkyl halides is 3. The molecule has 1 aromatic heterocycles. The van der Waals surface area contributed by atoms with Gasteiger partial charge in [-0.3, -0.25) is 10.1 Å². The van der Waals surface area contributed by atoms with E-state index >= 15 is 0 Å². The second-order valence-electron chi connectivity index (χ2n) is 5.43. The Bertz CT molecular complexity index is 593. The molecule has 6 nitrogen and oxygen atoms in total. The number of esters is 1. The van der Waals surface area contributed by atoms with Gasteiger partial charge in [-0.1, -0.05) is 25.4 Å². The van der Waals surface area contributed by atoms with Crippen molar-refractivity contribution in [2.75, 3.05) is 12.4 Å². The highest BCUT2D eigenvalue weighted by atomic mass is 35.5. The maximum absolute atomic E-state index is 13.7. The molecule has 3 N–H and O–H groups in total. The Kier molecular flexibility index (Phi) is 6.42. The van der Waals surface area contributed by atoms with E-state index in [9.17, 15) is 22.8 Å². The molecule has 24 heavy (non-hydrogen) atoms. The molecule has 1 amide bonds. The first-order valence-corrected chi connectivity index (χ1v) is 7.31. The van der Waals surface area contributed by atoms with E-state index in [-0.39, 0.29) is 23.2 Å². The van der Waals surface area contributed by atoms with Gasteiger partial charge in [-0.2, -0.15) is 13.2 Å². The van der Waals surface area contributed by atoms with Gasteiger partial charge in [-0.25, -0.2) is 15.1 Å². The molecule has 10 heteroatoms. The summed E-state index contributed by atoms with van der Waals surface area (Å²) in [6, 6.07) is 2.51. The van der Waals surface area contributed by atoms with E-state index in [2.05, 4.69) is 9.72 Å². The minimum Gasteiger partial charge on any atom is -0.464 e. The lowest BCUT2D eigenvalue weighted by atomic mass is 10.1. The number of hydrogen-bond acceptors (Lipinski definition) is 4. The summed E-state index contributed by atoms with van der Waals surface area (Å²) in [4.78, 5) is 26.3. The van der Waals surface area contributed by atoms with Gasteiger partial charge in [0.25, 0.3) is 5.82 Å². The zero-order chi connectivity index (χ0) is 18.5. The zero-order valence-corrected chi connectivity index (χ0v) is 14.0. The number of H-pyrrole nitrogens is 1. The van der Waals surface area contributed by atoms with Crippen molar-refractivity contribution in [3.05, 3.63) is 23.4 Å². The van der Waals surface area contributed by atoms with Gasteiger partial charge in [0.05, 0.1) is 12.1 Å². The maximum atomic E-state index is 13.7. The standard InChI is InChI=1S/C14H17ClF3N3O3/c1-8(2)6-11(22)21-13(12(23)24-3,14(16,17)18)20-10-5-4-9(15)7-19-10/h4-5,7-8H,6H2,1-3H3,(H,19,20)(H,21,22)/p+1/t13-/m1/s1. The molecule has 0 aliphatic carbocycles. The van der Waals surface area contributed by atoms with E-state index in [0.29, 0.717) is 0 Å². The Morgan fingerprint density at radius 1 is 1.33 bits per heavy atom. The van der Waals surface area contributed by atoms with Crippen LogP contribution in [0.1, 0.15) is 20.3 Å². The van der Waals surface area contributed by atoms with Crippen molar-refractivity contribution in [1.82, 2.24) is 5.32 Å². The van der Waals surface area contributed by atoms with Crippen LogP contribution in [0.25, 0.3) is 0 Å². The van der Waals surface area contributed by atoms with Gasteiger partial charge >= 0.3 is 17.8 Å². The Morgan fingerprint density at radius 3 is 2.38 bits per heavy atom. The molecule has 0 unspecified atom stereocenters. The summed E-state index contributed by atoms with van der Waals surface area (Å²) < 4.78 is 45.2. The van der Waals surface area contributed by atoms with Crippen molar-refractivity contribution < 1.29 is 32.5 Å². The Balaban J connectivity index is 3.28. The van der Waals surface area contributed by atoms with Crippen molar-refractivity contribution in [3.63, 3.8) is 0 Å². The van der Waals surface area contributed by atoms with Crippen LogP contribution in [0.3, 0.4) is 0 Å². The predicted octanol–water partition coefficient (Wildman–Crippen LogP) is 2.16. The van der Waals surface area contributed by atoms with E-state index in [0.717, 1.165) is 7.11 Å². The number of ether oxygens (including phenoxy) is 1. The Hall–Kier alpha value is -2.03. The average Bonchev–Trinajstić information content (AvgIpc) is 2.45. The Morgan fingerprint density at radius 2 is 1.96 bits per heavy atom. The smallest absolute Gasteiger partial charge is 0.464 e. The predicted molar refractivity (Wildman–Crippen MR) is 80.0 cm³/mol. The summed E-state index contributed by atoms with van der Waals surface area (Å²) in [7, 11) is 0.796. The molecule has 0 spiro atoms.